The third-order valence-corrected chi connectivity index (χ3v) is 3.43. The zero-order valence-electron chi connectivity index (χ0n) is 8.71. The van der Waals surface area contributed by atoms with Crippen LogP contribution in [0.4, 0.5) is 0 Å². The Kier molecular flexibility index (Phi) is 6.96. The van der Waals surface area contributed by atoms with E-state index in [1.807, 2.05) is 18.7 Å². The van der Waals surface area contributed by atoms with Gasteiger partial charge in [-0.05, 0) is 25.0 Å². The van der Waals surface area contributed by atoms with Gasteiger partial charge >= 0.3 is 0 Å². The molecule has 0 aliphatic rings. The van der Waals surface area contributed by atoms with Crippen LogP contribution in [0, 0.1) is 5.92 Å². The van der Waals surface area contributed by atoms with E-state index < -0.39 is 0 Å². The predicted octanol–water partition coefficient (Wildman–Crippen LogP) is 2.93. The van der Waals surface area contributed by atoms with Crippen molar-refractivity contribution in [1.82, 2.24) is 0 Å². The van der Waals surface area contributed by atoms with Crippen LogP contribution in [0.15, 0.2) is 0 Å². The quantitative estimate of drug-likeness (QED) is 0.650. The number of rotatable bonds is 6. The van der Waals surface area contributed by atoms with E-state index in [1.54, 1.807) is 0 Å². The molecular weight excluding hydrogens is 168 g/mol. The van der Waals surface area contributed by atoms with Crippen LogP contribution in [0.2, 0.25) is 0 Å². The molecule has 0 spiro atoms. The average molecular weight is 190 g/mol. The van der Waals surface area contributed by atoms with E-state index in [0.717, 1.165) is 5.92 Å². The van der Waals surface area contributed by atoms with Gasteiger partial charge in [0.25, 0.3) is 0 Å². The summed E-state index contributed by atoms with van der Waals surface area (Å²) in [5, 5.41) is 9.59. The molecule has 0 heterocycles. The lowest BCUT2D eigenvalue weighted by molar-refractivity contribution is 0.196. The van der Waals surface area contributed by atoms with Gasteiger partial charge < -0.3 is 5.11 Å². The molecule has 0 aromatic heterocycles. The number of aliphatic hydroxyl groups is 1. The molecule has 2 heteroatoms. The molecule has 0 saturated carbocycles. The first-order chi connectivity index (χ1) is 5.54. The Hall–Kier alpha value is 0.310. The lowest BCUT2D eigenvalue weighted by Crippen LogP contribution is -2.15. The van der Waals surface area contributed by atoms with E-state index in [4.69, 9.17) is 0 Å². The molecule has 0 aliphatic heterocycles. The summed E-state index contributed by atoms with van der Waals surface area (Å²) in [5.41, 5.74) is 0. The van der Waals surface area contributed by atoms with Crippen LogP contribution in [-0.2, 0) is 0 Å². The minimum absolute atomic E-state index is 0.172. The second kappa shape index (κ2) is 6.79. The maximum atomic E-state index is 9.21. The SMILES string of the molecule is CC(C)CCCSC(C)C(C)O. The molecule has 0 bridgehead atoms. The van der Waals surface area contributed by atoms with E-state index in [-0.39, 0.29) is 6.10 Å². The van der Waals surface area contributed by atoms with Crippen molar-refractivity contribution in [2.24, 2.45) is 5.92 Å². The molecule has 0 fully saturated rings. The highest BCUT2D eigenvalue weighted by atomic mass is 32.2. The van der Waals surface area contributed by atoms with E-state index >= 15 is 0 Å². The van der Waals surface area contributed by atoms with Gasteiger partial charge in [0, 0.05) is 5.25 Å². The normalized spacial score (nSPS) is 16.5. The smallest absolute Gasteiger partial charge is 0.0627 e. The highest BCUT2D eigenvalue weighted by molar-refractivity contribution is 7.99. The van der Waals surface area contributed by atoms with Crippen molar-refractivity contribution in [2.45, 2.75) is 51.9 Å². The van der Waals surface area contributed by atoms with Crippen LogP contribution in [0.5, 0.6) is 0 Å². The molecule has 74 valence electrons. The van der Waals surface area contributed by atoms with E-state index in [9.17, 15) is 5.11 Å². The maximum Gasteiger partial charge on any atom is 0.0627 e. The Balaban J connectivity index is 3.20. The fourth-order valence-corrected chi connectivity index (χ4v) is 1.88. The summed E-state index contributed by atoms with van der Waals surface area (Å²) in [5.74, 6) is 2.00. The summed E-state index contributed by atoms with van der Waals surface area (Å²) in [6, 6.07) is 0. The van der Waals surface area contributed by atoms with Crippen LogP contribution >= 0.6 is 11.8 Å². The van der Waals surface area contributed by atoms with Gasteiger partial charge in [0.05, 0.1) is 6.10 Å². The standard InChI is InChI=1S/C10H22OS/c1-8(2)6-5-7-12-10(4)9(3)11/h8-11H,5-7H2,1-4H3. The van der Waals surface area contributed by atoms with Crippen LogP contribution in [0.1, 0.15) is 40.5 Å². The summed E-state index contributed by atoms with van der Waals surface area (Å²) in [4.78, 5) is 0. The Morgan fingerprint density at radius 1 is 1.17 bits per heavy atom. The zero-order valence-corrected chi connectivity index (χ0v) is 9.53. The topological polar surface area (TPSA) is 20.2 Å². The molecule has 1 N–H and O–H groups in total. The lowest BCUT2D eigenvalue weighted by Gasteiger charge is -2.13. The van der Waals surface area contributed by atoms with Crippen molar-refractivity contribution in [3.8, 4) is 0 Å². The fraction of sp³-hybridized carbons (Fsp3) is 1.00. The van der Waals surface area contributed by atoms with Crippen molar-refractivity contribution in [3.63, 3.8) is 0 Å². The van der Waals surface area contributed by atoms with Crippen LogP contribution < -0.4 is 0 Å². The monoisotopic (exact) mass is 190 g/mol. The highest BCUT2D eigenvalue weighted by Crippen LogP contribution is 2.17. The van der Waals surface area contributed by atoms with Gasteiger partial charge in [0.2, 0.25) is 0 Å². The van der Waals surface area contributed by atoms with Gasteiger partial charge in [-0.15, -0.1) is 0 Å². The van der Waals surface area contributed by atoms with Crippen LogP contribution in [-0.4, -0.2) is 22.2 Å². The van der Waals surface area contributed by atoms with Crippen LogP contribution in [0.25, 0.3) is 0 Å². The average Bonchev–Trinajstić information content (AvgIpc) is 1.97. The van der Waals surface area contributed by atoms with E-state index in [2.05, 4.69) is 20.8 Å². The Bertz CT molecular complexity index is 102. The van der Waals surface area contributed by atoms with Gasteiger partial charge in [-0.3, -0.25) is 0 Å². The highest BCUT2D eigenvalue weighted by Gasteiger charge is 2.08. The molecule has 0 amide bonds. The number of aliphatic hydroxyl groups excluding tert-OH is 1. The van der Waals surface area contributed by atoms with Crippen molar-refractivity contribution < 1.29 is 5.11 Å². The first-order valence-corrected chi connectivity index (χ1v) is 5.88. The summed E-state index contributed by atoms with van der Waals surface area (Å²) in [7, 11) is 0. The first kappa shape index (κ1) is 12.3. The van der Waals surface area contributed by atoms with Gasteiger partial charge in [-0.25, -0.2) is 0 Å². The largest absolute Gasteiger partial charge is 0.392 e. The third kappa shape index (κ3) is 6.99. The Morgan fingerprint density at radius 2 is 1.75 bits per heavy atom. The zero-order chi connectivity index (χ0) is 9.56. The second-order valence-electron chi connectivity index (χ2n) is 3.85. The molecule has 1 nitrogen and oxygen atoms in total. The van der Waals surface area contributed by atoms with Crippen molar-refractivity contribution in [1.29, 1.82) is 0 Å². The maximum absolute atomic E-state index is 9.21. The molecule has 12 heavy (non-hydrogen) atoms. The van der Waals surface area contributed by atoms with Crippen molar-refractivity contribution in [2.75, 3.05) is 5.75 Å². The molecule has 2 unspecified atom stereocenters. The number of hydrogen-bond acceptors (Lipinski definition) is 2. The summed E-state index contributed by atoms with van der Waals surface area (Å²) >= 11 is 1.88. The second-order valence-corrected chi connectivity index (χ2v) is 5.34. The lowest BCUT2D eigenvalue weighted by atomic mass is 10.1. The first-order valence-electron chi connectivity index (χ1n) is 4.83. The molecule has 0 radical (unpaired) electrons. The molecule has 0 saturated heterocycles. The molecule has 2 atom stereocenters. The minimum atomic E-state index is -0.172. The molecular formula is C10H22OS. The minimum Gasteiger partial charge on any atom is -0.392 e. The van der Waals surface area contributed by atoms with Crippen molar-refractivity contribution in [3.05, 3.63) is 0 Å². The summed E-state index contributed by atoms with van der Waals surface area (Å²) in [6.07, 6.45) is 2.41. The number of thioether (sulfide) groups is 1. The number of hydrogen-bond donors (Lipinski definition) is 1. The summed E-state index contributed by atoms with van der Waals surface area (Å²) in [6.45, 7) is 8.45. The Labute approximate surface area is 80.9 Å². The summed E-state index contributed by atoms with van der Waals surface area (Å²) < 4.78 is 0. The van der Waals surface area contributed by atoms with Crippen molar-refractivity contribution >= 4 is 11.8 Å². The Morgan fingerprint density at radius 3 is 2.17 bits per heavy atom. The van der Waals surface area contributed by atoms with Crippen LogP contribution in [0.3, 0.4) is 0 Å². The van der Waals surface area contributed by atoms with Gasteiger partial charge in [-0.2, -0.15) is 11.8 Å². The fourth-order valence-electron chi connectivity index (χ4n) is 0.900. The third-order valence-electron chi connectivity index (χ3n) is 1.99. The molecule has 0 rings (SSSR count). The van der Waals surface area contributed by atoms with Gasteiger partial charge in [0.15, 0.2) is 0 Å². The van der Waals surface area contributed by atoms with Gasteiger partial charge in [-0.1, -0.05) is 27.2 Å². The van der Waals surface area contributed by atoms with Gasteiger partial charge in [0.1, 0.15) is 0 Å². The molecule has 0 aliphatic carbocycles. The molecule has 0 aromatic carbocycles. The molecule has 0 aromatic rings. The van der Waals surface area contributed by atoms with E-state index in [0.29, 0.717) is 5.25 Å². The van der Waals surface area contributed by atoms with E-state index in [1.165, 1.54) is 18.6 Å². The predicted molar refractivity (Wildman–Crippen MR) is 57.7 cm³/mol.